The molecule has 0 fully saturated rings. The van der Waals surface area contributed by atoms with Crippen LogP contribution in [0.15, 0.2) is 43.0 Å². The largest absolute Gasteiger partial charge is 0.330 e. The Balaban J connectivity index is 1.67. The molecule has 0 aromatic carbocycles. The summed E-state index contributed by atoms with van der Waals surface area (Å²) >= 11 is 0. The number of ketones is 1. The number of fused-ring (bicyclic) bond motifs is 1. The number of Topliss-reactive ketones (excluding diaryl/α,β-unsaturated/α-hetero) is 1. The van der Waals surface area contributed by atoms with Crippen LogP contribution in [-0.2, 0) is 20.5 Å². The standard InChI is InChI=1S/C19H18N6O/c1-12-20-10-18(25(12)3)16-5-4-13-8-21-15(6-17(13)23-16)7-19(26)14-9-22-24(2)11-14/h4-6,8-11H,7H2,1-3H3. The van der Waals surface area contributed by atoms with Crippen LogP contribution in [-0.4, -0.2) is 35.1 Å². The van der Waals surface area contributed by atoms with Gasteiger partial charge in [-0.05, 0) is 25.1 Å². The Morgan fingerprint density at radius 2 is 1.96 bits per heavy atom. The van der Waals surface area contributed by atoms with E-state index in [-0.39, 0.29) is 12.2 Å². The summed E-state index contributed by atoms with van der Waals surface area (Å²) in [6.45, 7) is 1.95. The van der Waals surface area contributed by atoms with Crippen LogP contribution in [0.2, 0.25) is 0 Å². The SMILES string of the molecule is Cc1ncc(-c2ccc3cnc(CC(=O)c4cnn(C)c4)cc3n2)n1C. The average Bonchev–Trinajstić information content (AvgIpc) is 3.21. The molecule has 0 N–H and O–H groups in total. The molecule has 7 heteroatoms. The molecule has 0 aliphatic carbocycles. The van der Waals surface area contributed by atoms with Gasteiger partial charge in [0.05, 0.1) is 47.0 Å². The van der Waals surface area contributed by atoms with Gasteiger partial charge in [0.2, 0.25) is 0 Å². The van der Waals surface area contributed by atoms with E-state index in [0.29, 0.717) is 11.3 Å². The number of hydrogen-bond donors (Lipinski definition) is 0. The van der Waals surface area contributed by atoms with Crippen molar-refractivity contribution in [3.8, 4) is 11.4 Å². The maximum absolute atomic E-state index is 12.4. The number of pyridine rings is 2. The van der Waals surface area contributed by atoms with Crippen LogP contribution in [0, 0.1) is 6.92 Å². The van der Waals surface area contributed by atoms with Gasteiger partial charge in [-0.2, -0.15) is 5.10 Å². The fraction of sp³-hybridized carbons (Fsp3) is 0.211. The van der Waals surface area contributed by atoms with Crippen LogP contribution in [0.25, 0.3) is 22.3 Å². The van der Waals surface area contributed by atoms with Crippen molar-refractivity contribution < 1.29 is 4.79 Å². The predicted molar refractivity (Wildman–Crippen MR) is 97.7 cm³/mol. The van der Waals surface area contributed by atoms with Crippen molar-refractivity contribution >= 4 is 16.7 Å². The molecule has 0 spiro atoms. The van der Waals surface area contributed by atoms with Crippen molar-refractivity contribution in [3.63, 3.8) is 0 Å². The number of carbonyl (C=O) groups excluding carboxylic acids is 1. The van der Waals surface area contributed by atoms with E-state index in [1.54, 1.807) is 30.3 Å². The molecule has 7 nitrogen and oxygen atoms in total. The molecule has 0 aliphatic rings. The first kappa shape index (κ1) is 16.1. The maximum atomic E-state index is 12.4. The van der Waals surface area contributed by atoms with Crippen LogP contribution in [0.1, 0.15) is 21.9 Å². The minimum atomic E-state index is -0.0108. The van der Waals surface area contributed by atoms with E-state index in [0.717, 1.165) is 28.1 Å². The minimum Gasteiger partial charge on any atom is -0.330 e. The van der Waals surface area contributed by atoms with Gasteiger partial charge in [0.25, 0.3) is 0 Å². The number of aryl methyl sites for hydroxylation is 2. The molecule has 0 saturated heterocycles. The number of rotatable bonds is 4. The van der Waals surface area contributed by atoms with Crippen LogP contribution in [0.3, 0.4) is 0 Å². The van der Waals surface area contributed by atoms with E-state index in [1.165, 1.54) is 0 Å². The smallest absolute Gasteiger partial charge is 0.171 e. The number of aromatic nitrogens is 6. The Labute approximate surface area is 150 Å². The highest BCUT2D eigenvalue weighted by atomic mass is 16.1. The van der Waals surface area contributed by atoms with Gasteiger partial charge in [0.15, 0.2) is 5.78 Å². The van der Waals surface area contributed by atoms with E-state index < -0.39 is 0 Å². The molecule has 4 heterocycles. The monoisotopic (exact) mass is 346 g/mol. The molecule has 0 amide bonds. The van der Waals surface area contributed by atoms with Gasteiger partial charge >= 0.3 is 0 Å². The first-order chi connectivity index (χ1) is 12.5. The third-order valence-corrected chi connectivity index (χ3v) is 4.48. The van der Waals surface area contributed by atoms with Crippen molar-refractivity contribution in [2.24, 2.45) is 14.1 Å². The summed E-state index contributed by atoms with van der Waals surface area (Å²) in [6, 6.07) is 5.82. The minimum absolute atomic E-state index is 0.0108. The molecular weight excluding hydrogens is 328 g/mol. The zero-order chi connectivity index (χ0) is 18.3. The molecule has 26 heavy (non-hydrogen) atoms. The van der Waals surface area contributed by atoms with Gasteiger partial charge in [-0.25, -0.2) is 9.97 Å². The van der Waals surface area contributed by atoms with Gasteiger partial charge < -0.3 is 4.57 Å². The average molecular weight is 346 g/mol. The van der Waals surface area contributed by atoms with Gasteiger partial charge in [0, 0.05) is 31.9 Å². The lowest BCUT2D eigenvalue weighted by Gasteiger charge is -2.06. The lowest BCUT2D eigenvalue weighted by atomic mass is 10.1. The molecule has 4 aromatic rings. The number of hydrogen-bond acceptors (Lipinski definition) is 5. The molecule has 0 bridgehead atoms. The van der Waals surface area contributed by atoms with E-state index >= 15 is 0 Å². The van der Waals surface area contributed by atoms with Crippen LogP contribution < -0.4 is 0 Å². The summed E-state index contributed by atoms with van der Waals surface area (Å²) < 4.78 is 3.62. The first-order valence-corrected chi connectivity index (χ1v) is 8.27. The summed E-state index contributed by atoms with van der Waals surface area (Å²) in [6.07, 6.45) is 7.08. The van der Waals surface area contributed by atoms with Crippen molar-refractivity contribution in [1.82, 2.24) is 29.3 Å². The lowest BCUT2D eigenvalue weighted by molar-refractivity contribution is 0.0992. The number of carbonyl (C=O) groups is 1. The van der Waals surface area contributed by atoms with Crippen molar-refractivity contribution in [1.29, 1.82) is 0 Å². The quantitative estimate of drug-likeness (QED) is 0.531. The summed E-state index contributed by atoms with van der Waals surface area (Å²) in [7, 11) is 3.75. The molecular formula is C19H18N6O. The number of imidazole rings is 1. The molecule has 4 rings (SSSR count). The Morgan fingerprint density at radius 1 is 1.12 bits per heavy atom. The van der Waals surface area contributed by atoms with Crippen molar-refractivity contribution in [3.05, 3.63) is 60.1 Å². The highest BCUT2D eigenvalue weighted by Gasteiger charge is 2.12. The van der Waals surface area contributed by atoms with Crippen LogP contribution >= 0.6 is 0 Å². The van der Waals surface area contributed by atoms with E-state index in [2.05, 4.69) is 15.1 Å². The first-order valence-electron chi connectivity index (χ1n) is 8.27. The van der Waals surface area contributed by atoms with E-state index in [4.69, 9.17) is 4.98 Å². The van der Waals surface area contributed by atoms with Gasteiger partial charge in [-0.3, -0.25) is 14.5 Å². The Hall–Kier alpha value is -3.35. The summed E-state index contributed by atoms with van der Waals surface area (Å²) in [5, 5.41) is 4.97. The van der Waals surface area contributed by atoms with Gasteiger partial charge in [0.1, 0.15) is 5.82 Å². The highest BCUT2D eigenvalue weighted by Crippen LogP contribution is 2.21. The molecule has 130 valence electrons. The Kier molecular flexibility index (Phi) is 3.84. The summed E-state index contributed by atoms with van der Waals surface area (Å²) in [5.41, 5.74) is 3.88. The fourth-order valence-corrected chi connectivity index (χ4v) is 2.87. The normalized spacial score (nSPS) is 11.2. The second kappa shape index (κ2) is 6.18. The highest BCUT2D eigenvalue weighted by molar-refractivity contribution is 5.97. The van der Waals surface area contributed by atoms with Gasteiger partial charge in [-0.15, -0.1) is 0 Å². The fourth-order valence-electron chi connectivity index (χ4n) is 2.87. The maximum Gasteiger partial charge on any atom is 0.171 e. The molecule has 0 aliphatic heterocycles. The van der Waals surface area contributed by atoms with Gasteiger partial charge in [-0.1, -0.05) is 0 Å². The third-order valence-electron chi connectivity index (χ3n) is 4.48. The molecule has 0 unspecified atom stereocenters. The predicted octanol–water partition coefficient (Wildman–Crippen LogP) is 2.50. The Bertz CT molecular complexity index is 1120. The van der Waals surface area contributed by atoms with Crippen LogP contribution in [0.5, 0.6) is 0 Å². The Morgan fingerprint density at radius 3 is 2.65 bits per heavy atom. The second-order valence-electron chi connectivity index (χ2n) is 6.32. The number of nitrogens with zero attached hydrogens (tertiary/aromatic N) is 6. The molecule has 4 aromatic heterocycles. The van der Waals surface area contributed by atoms with Crippen molar-refractivity contribution in [2.75, 3.05) is 0 Å². The zero-order valence-corrected chi connectivity index (χ0v) is 14.8. The second-order valence-corrected chi connectivity index (χ2v) is 6.32. The summed E-state index contributed by atoms with van der Waals surface area (Å²) in [4.78, 5) is 25.8. The third kappa shape index (κ3) is 2.88. The zero-order valence-electron chi connectivity index (χ0n) is 14.8. The molecule has 0 saturated carbocycles. The topological polar surface area (TPSA) is 78.5 Å². The summed E-state index contributed by atoms with van der Waals surface area (Å²) in [5.74, 6) is 0.919. The lowest BCUT2D eigenvalue weighted by Crippen LogP contribution is -2.04. The van der Waals surface area contributed by atoms with E-state index in [1.807, 2.05) is 42.9 Å². The molecule has 0 atom stereocenters. The van der Waals surface area contributed by atoms with Crippen molar-refractivity contribution in [2.45, 2.75) is 13.3 Å². The van der Waals surface area contributed by atoms with Crippen LogP contribution in [0.4, 0.5) is 0 Å². The van der Waals surface area contributed by atoms with E-state index in [9.17, 15) is 4.79 Å². The molecule has 0 radical (unpaired) electrons.